The molecule has 1 aromatic heterocycles. The van der Waals surface area contributed by atoms with Gasteiger partial charge in [-0.15, -0.1) is 0 Å². The van der Waals surface area contributed by atoms with Crippen LogP contribution in [0.15, 0.2) is 18.2 Å². The van der Waals surface area contributed by atoms with E-state index in [1.165, 1.54) is 6.07 Å². The number of likely N-dealkylation sites (tertiary alicyclic amines) is 1. The Morgan fingerprint density at radius 1 is 1.14 bits per heavy atom. The van der Waals surface area contributed by atoms with E-state index in [9.17, 15) is 9.18 Å². The molecule has 0 radical (unpaired) electrons. The first-order chi connectivity index (χ1) is 17.3. The van der Waals surface area contributed by atoms with Crippen molar-refractivity contribution in [3.05, 3.63) is 45.4 Å². The fourth-order valence-electron chi connectivity index (χ4n) is 5.55. The summed E-state index contributed by atoms with van der Waals surface area (Å²) in [7, 11) is 1.72. The number of nitrogens with zero attached hydrogens (tertiary/aromatic N) is 6. The Labute approximate surface area is 221 Å². The van der Waals surface area contributed by atoms with Gasteiger partial charge in [-0.05, 0) is 44.5 Å². The van der Waals surface area contributed by atoms with Gasteiger partial charge >= 0.3 is 6.03 Å². The van der Waals surface area contributed by atoms with Gasteiger partial charge in [-0.3, -0.25) is 15.1 Å². The second-order valence-corrected chi connectivity index (χ2v) is 10.7. The summed E-state index contributed by atoms with van der Waals surface area (Å²) in [5, 5.41) is 3.62. The normalized spacial score (nSPS) is 22.0. The lowest BCUT2D eigenvalue weighted by atomic mass is 9.98. The maximum Gasteiger partial charge on any atom is 0.323 e. The van der Waals surface area contributed by atoms with E-state index in [2.05, 4.69) is 31.9 Å². The van der Waals surface area contributed by atoms with Crippen LogP contribution < -0.4 is 10.2 Å². The Balaban J connectivity index is 1.21. The van der Waals surface area contributed by atoms with Gasteiger partial charge in [0.15, 0.2) is 16.8 Å². The highest BCUT2D eigenvalue weighted by Gasteiger charge is 2.35. The second-order valence-electron chi connectivity index (χ2n) is 9.91. The number of halogens is 3. The number of fused-ring (bicyclic) bond motifs is 1. The van der Waals surface area contributed by atoms with Crippen molar-refractivity contribution in [3.63, 3.8) is 0 Å². The van der Waals surface area contributed by atoms with Crippen LogP contribution >= 0.6 is 23.2 Å². The van der Waals surface area contributed by atoms with E-state index in [1.54, 1.807) is 24.1 Å². The number of urea groups is 1. The first kappa shape index (κ1) is 25.4. The van der Waals surface area contributed by atoms with Gasteiger partial charge < -0.3 is 9.80 Å². The molecule has 0 spiro atoms. The van der Waals surface area contributed by atoms with Crippen molar-refractivity contribution in [2.75, 3.05) is 50.0 Å². The van der Waals surface area contributed by atoms with Crippen molar-refractivity contribution in [3.8, 4) is 0 Å². The van der Waals surface area contributed by atoms with Gasteiger partial charge in [0.25, 0.3) is 0 Å². The van der Waals surface area contributed by atoms with Gasteiger partial charge in [0.1, 0.15) is 11.5 Å². The summed E-state index contributed by atoms with van der Waals surface area (Å²) in [6.45, 7) is 7.64. The largest absolute Gasteiger partial charge is 0.351 e. The van der Waals surface area contributed by atoms with Crippen LogP contribution in [0.5, 0.6) is 0 Å². The molecule has 2 saturated heterocycles. The van der Waals surface area contributed by atoms with E-state index in [1.807, 2.05) is 0 Å². The van der Waals surface area contributed by atoms with Crippen molar-refractivity contribution in [2.45, 2.75) is 51.4 Å². The lowest BCUT2D eigenvalue weighted by molar-refractivity contribution is 0.0607. The van der Waals surface area contributed by atoms with Crippen molar-refractivity contribution in [1.82, 2.24) is 24.7 Å². The highest BCUT2D eigenvalue weighted by molar-refractivity contribution is 6.31. The number of benzene rings is 1. The number of rotatable bonds is 5. The van der Waals surface area contributed by atoms with Crippen LogP contribution in [0.4, 0.5) is 20.8 Å². The third-order valence-electron chi connectivity index (χ3n) is 7.60. The van der Waals surface area contributed by atoms with Gasteiger partial charge in [-0.1, -0.05) is 36.2 Å². The predicted molar refractivity (Wildman–Crippen MR) is 140 cm³/mol. The molecule has 194 valence electrons. The molecule has 8 nitrogen and oxygen atoms in total. The van der Waals surface area contributed by atoms with Crippen LogP contribution in [0.25, 0.3) is 0 Å². The maximum absolute atomic E-state index is 14.2. The fraction of sp³-hybridized carbons (Fsp3) is 0.560. The average Bonchev–Trinajstić information content (AvgIpc) is 2.86. The van der Waals surface area contributed by atoms with Crippen LogP contribution in [0.1, 0.15) is 37.4 Å². The minimum Gasteiger partial charge on any atom is -0.351 e. The quantitative estimate of drug-likeness (QED) is 0.609. The summed E-state index contributed by atoms with van der Waals surface area (Å²) < 4.78 is 14.2. The Morgan fingerprint density at radius 3 is 2.64 bits per heavy atom. The molecule has 5 rings (SSSR count). The number of nitrogens with one attached hydrogen (secondary N) is 1. The molecular formula is C25H32Cl2FN7O. The number of hydrogen-bond donors (Lipinski definition) is 1. The van der Waals surface area contributed by atoms with Crippen molar-refractivity contribution < 1.29 is 9.18 Å². The van der Waals surface area contributed by atoms with Crippen LogP contribution in [-0.4, -0.2) is 82.6 Å². The van der Waals surface area contributed by atoms with E-state index < -0.39 is 0 Å². The summed E-state index contributed by atoms with van der Waals surface area (Å²) in [5.74, 6) is 0.901. The van der Waals surface area contributed by atoms with E-state index in [4.69, 9.17) is 28.2 Å². The number of hydrogen-bond acceptors (Lipinski definition) is 6. The molecule has 3 aliphatic rings. The second kappa shape index (κ2) is 10.7. The first-order valence-electron chi connectivity index (χ1n) is 12.6. The molecule has 2 aromatic rings. The van der Waals surface area contributed by atoms with Crippen LogP contribution in [0.2, 0.25) is 10.2 Å². The zero-order chi connectivity index (χ0) is 25.4. The smallest absolute Gasteiger partial charge is 0.323 e. The molecule has 4 heterocycles. The lowest BCUT2D eigenvalue weighted by Gasteiger charge is -2.47. The number of carbonyl (C=O) groups excluding carboxylic acids is 1. The Hall–Kier alpha value is -2.20. The van der Waals surface area contributed by atoms with Gasteiger partial charge in [0.2, 0.25) is 0 Å². The highest BCUT2D eigenvalue weighted by atomic mass is 35.5. The molecule has 1 N–H and O–H groups in total. The summed E-state index contributed by atoms with van der Waals surface area (Å²) in [5.41, 5.74) is 1.38. The standard InChI is InChI=1S/C25H32Cl2FN7O/c1-3-18-14-34(24-22(27)29-21-15-32(2)25(36)31-23(21)30-24)10-11-35(18)19-6-8-33(9-7-19)13-16-4-5-17(26)12-20(16)28/h4-5,12,18-19H,3,6-11,13-15H2,1-2H3,(H,30,31,36)/t18-/m0/s1. The molecule has 0 saturated carbocycles. The maximum atomic E-state index is 14.2. The molecule has 2 amide bonds. The number of amides is 2. The zero-order valence-corrected chi connectivity index (χ0v) is 22.2. The summed E-state index contributed by atoms with van der Waals surface area (Å²) in [6, 6.07) is 5.62. The van der Waals surface area contributed by atoms with E-state index in [0.717, 1.165) is 52.0 Å². The third kappa shape index (κ3) is 5.25. The van der Waals surface area contributed by atoms with Crippen LogP contribution in [-0.2, 0) is 13.1 Å². The third-order valence-corrected chi connectivity index (χ3v) is 8.09. The van der Waals surface area contributed by atoms with Crippen molar-refractivity contribution >= 4 is 40.9 Å². The van der Waals surface area contributed by atoms with E-state index in [-0.39, 0.29) is 11.8 Å². The molecular weight excluding hydrogens is 504 g/mol. The van der Waals surface area contributed by atoms with Gasteiger partial charge in [-0.25, -0.2) is 19.2 Å². The number of anilines is 2. The predicted octanol–water partition coefficient (Wildman–Crippen LogP) is 4.47. The minimum atomic E-state index is -0.234. The topological polar surface area (TPSA) is 67.8 Å². The minimum absolute atomic E-state index is 0.188. The number of piperidine rings is 1. The van der Waals surface area contributed by atoms with E-state index in [0.29, 0.717) is 58.2 Å². The SMILES string of the molecule is CC[C@H]1CN(c2nc3c(nc2Cl)CN(C)C(=O)N3)CCN1C1CCN(Cc2ccc(Cl)cc2F)CC1. The number of piperazine rings is 1. The van der Waals surface area contributed by atoms with Crippen molar-refractivity contribution in [1.29, 1.82) is 0 Å². The highest BCUT2D eigenvalue weighted by Crippen LogP contribution is 2.32. The number of carbonyl (C=O) groups is 1. The molecule has 3 aliphatic heterocycles. The van der Waals surface area contributed by atoms with Gasteiger partial charge in [0.05, 0.1) is 6.54 Å². The average molecular weight is 536 g/mol. The van der Waals surface area contributed by atoms with Crippen LogP contribution in [0, 0.1) is 5.82 Å². The molecule has 11 heteroatoms. The summed E-state index contributed by atoms with van der Waals surface area (Å²) >= 11 is 12.5. The molecule has 1 aromatic carbocycles. The van der Waals surface area contributed by atoms with E-state index >= 15 is 0 Å². The molecule has 0 aliphatic carbocycles. The Bertz CT molecular complexity index is 1130. The molecule has 1 atom stereocenters. The molecule has 36 heavy (non-hydrogen) atoms. The zero-order valence-electron chi connectivity index (χ0n) is 20.7. The van der Waals surface area contributed by atoms with Gasteiger partial charge in [0, 0.05) is 55.9 Å². The molecule has 0 unspecified atom stereocenters. The Kier molecular flexibility index (Phi) is 7.53. The van der Waals surface area contributed by atoms with Crippen molar-refractivity contribution in [2.24, 2.45) is 0 Å². The molecule has 2 fully saturated rings. The first-order valence-corrected chi connectivity index (χ1v) is 13.3. The lowest BCUT2D eigenvalue weighted by Crippen LogP contribution is -2.58. The monoisotopic (exact) mass is 535 g/mol. The number of aromatic nitrogens is 2. The summed E-state index contributed by atoms with van der Waals surface area (Å²) in [6.07, 6.45) is 3.14. The molecule has 0 bridgehead atoms. The fourth-order valence-corrected chi connectivity index (χ4v) is 5.97. The van der Waals surface area contributed by atoms with Gasteiger partial charge in [-0.2, -0.15) is 0 Å². The van der Waals surface area contributed by atoms with Crippen LogP contribution in [0.3, 0.4) is 0 Å². The summed E-state index contributed by atoms with van der Waals surface area (Å²) in [4.78, 5) is 30.0. The Morgan fingerprint density at radius 2 is 1.92 bits per heavy atom.